The topological polar surface area (TPSA) is 52.6 Å². The first-order valence-electron chi connectivity index (χ1n) is 7.49. The molecule has 1 aromatic rings. The van der Waals surface area contributed by atoms with Crippen molar-refractivity contribution in [2.75, 3.05) is 37.8 Å². The minimum absolute atomic E-state index is 0.0427. The van der Waals surface area contributed by atoms with E-state index in [4.69, 9.17) is 5.11 Å². The number of aliphatic hydroxyl groups is 1. The summed E-state index contributed by atoms with van der Waals surface area (Å²) >= 11 is 1.63. The average molecular weight is 308 g/mol. The van der Waals surface area contributed by atoms with Crippen LogP contribution in [0.1, 0.15) is 19.3 Å². The number of aliphatic hydroxyl groups excluding tert-OH is 1. The number of nitrogens with zero attached hydrogens (tertiary/aromatic N) is 1. The first-order chi connectivity index (χ1) is 10.2. The van der Waals surface area contributed by atoms with E-state index >= 15 is 0 Å². The zero-order valence-corrected chi connectivity index (χ0v) is 13.4. The van der Waals surface area contributed by atoms with Gasteiger partial charge in [0, 0.05) is 18.0 Å². The van der Waals surface area contributed by atoms with Gasteiger partial charge in [-0.05, 0) is 50.1 Å². The molecule has 1 aromatic carbocycles. The summed E-state index contributed by atoms with van der Waals surface area (Å²) in [6, 6.07) is 7.87. The van der Waals surface area contributed by atoms with Gasteiger partial charge >= 0.3 is 0 Å². The van der Waals surface area contributed by atoms with Crippen LogP contribution in [0.25, 0.3) is 0 Å². The maximum absolute atomic E-state index is 12.2. The lowest BCUT2D eigenvalue weighted by molar-refractivity contribution is -0.117. The van der Waals surface area contributed by atoms with Crippen LogP contribution >= 0.6 is 11.8 Å². The fourth-order valence-electron chi connectivity index (χ4n) is 2.85. The molecule has 0 aromatic heterocycles. The lowest BCUT2D eigenvalue weighted by Crippen LogP contribution is -2.40. The van der Waals surface area contributed by atoms with Crippen molar-refractivity contribution < 1.29 is 9.90 Å². The largest absolute Gasteiger partial charge is 0.396 e. The number of carbonyl (C=O) groups is 1. The SMILES string of the molecule is CSc1ccccc1NC(=O)CN1CCCC(CCO)C1. The highest BCUT2D eigenvalue weighted by atomic mass is 32.2. The number of carbonyl (C=O) groups excluding carboxylic acids is 1. The molecule has 1 aliphatic rings. The summed E-state index contributed by atoms with van der Waals surface area (Å²) in [5, 5.41) is 12.0. The van der Waals surface area contributed by atoms with Crippen molar-refractivity contribution in [3.8, 4) is 0 Å². The van der Waals surface area contributed by atoms with Crippen LogP contribution in [0.4, 0.5) is 5.69 Å². The lowest BCUT2D eigenvalue weighted by Gasteiger charge is -2.31. The number of likely N-dealkylation sites (tertiary alicyclic amines) is 1. The monoisotopic (exact) mass is 308 g/mol. The normalized spacial score (nSPS) is 19.4. The first kappa shape index (κ1) is 16.3. The third kappa shape index (κ3) is 5.02. The zero-order chi connectivity index (χ0) is 15.1. The predicted molar refractivity (Wildman–Crippen MR) is 87.7 cm³/mol. The Bertz CT molecular complexity index is 465. The molecule has 0 aliphatic carbocycles. The van der Waals surface area contributed by atoms with Crippen molar-refractivity contribution in [3.05, 3.63) is 24.3 Å². The van der Waals surface area contributed by atoms with E-state index in [0.29, 0.717) is 12.5 Å². The van der Waals surface area contributed by atoms with Gasteiger partial charge < -0.3 is 10.4 Å². The third-order valence-corrected chi connectivity index (χ3v) is 4.68. The Hall–Kier alpha value is -1.04. The van der Waals surface area contributed by atoms with E-state index in [0.717, 1.165) is 42.9 Å². The smallest absolute Gasteiger partial charge is 0.238 e. The van der Waals surface area contributed by atoms with Crippen molar-refractivity contribution >= 4 is 23.4 Å². The quantitative estimate of drug-likeness (QED) is 0.793. The van der Waals surface area contributed by atoms with Gasteiger partial charge in [0.2, 0.25) is 5.91 Å². The zero-order valence-electron chi connectivity index (χ0n) is 12.5. The van der Waals surface area contributed by atoms with E-state index < -0.39 is 0 Å². The first-order valence-corrected chi connectivity index (χ1v) is 8.71. The molecule has 0 radical (unpaired) electrons. The summed E-state index contributed by atoms with van der Waals surface area (Å²) in [7, 11) is 0. The summed E-state index contributed by atoms with van der Waals surface area (Å²) in [5.74, 6) is 0.566. The number of piperidine rings is 1. The fraction of sp³-hybridized carbons (Fsp3) is 0.562. The van der Waals surface area contributed by atoms with Gasteiger partial charge in [-0.3, -0.25) is 9.69 Å². The molecule has 1 amide bonds. The summed E-state index contributed by atoms with van der Waals surface area (Å²) in [6.45, 7) is 2.56. The predicted octanol–water partition coefficient (Wildman–Crippen LogP) is 2.44. The summed E-state index contributed by atoms with van der Waals surface area (Å²) in [4.78, 5) is 15.5. The van der Waals surface area contributed by atoms with E-state index in [1.54, 1.807) is 11.8 Å². The van der Waals surface area contributed by atoms with Gasteiger partial charge in [-0.1, -0.05) is 12.1 Å². The standard InChI is InChI=1S/C16H24N2O2S/c1-21-15-7-3-2-6-14(15)17-16(20)12-18-9-4-5-13(11-18)8-10-19/h2-3,6-7,13,19H,4-5,8-12H2,1H3,(H,17,20). The Morgan fingerprint density at radius 2 is 2.29 bits per heavy atom. The molecule has 5 heteroatoms. The molecule has 0 bridgehead atoms. The Morgan fingerprint density at radius 1 is 1.48 bits per heavy atom. The van der Waals surface area contributed by atoms with Gasteiger partial charge in [-0.25, -0.2) is 0 Å². The summed E-state index contributed by atoms with van der Waals surface area (Å²) in [6.07, 6.45) is 5.12. The molecule has 1 heterocycles. The van der Waals surface area contributed by atoms with Crippen molar-refractivity contribution in [3.63, 3.8) is 0 Å². The minimum atomic E-state index is 0.0427. The van der Waals surface area contributed by atoms with Gasteiger partial charge in [0.25, 0.3) is 0 Å². The second-order valence-corrected chi connectivity index (χ2v) is 6.35. The molecule has 116 valence electrons. The van der Waals surface area contributed by atoms with Crippen LogP contribution in [0.2, 0.25) is 0 Å². The molecule has 1 atom stereocenters. The minimum Gasteiger partial charge on any atom is -0.396 e. The summed E-state index contributed by atoms with van der Waals surface area (Å²) in [5.41, 5.74) is 0.888. The van der Waals surface area contributed by atoms with Crippen molar-refractivity contribution in [1.29, 1.82) is 0 Å². The Balaban J connectivity index is 1.86. The van der Waals surface area contributed by atoms with Crippen molar-refractivity contribution in [1.82, 2.24) is 4.90 Å². The molecule has 0 spiro atoms. The number of hydrogen-bond acceptors (Lipinski definition) is 4. The molecule has 1 saturated heterocycles. The Labute approximate surface area is 130 Å². The fourth-order valence-corrected chi connectivity index (χ4v) is 3.41. The molecule has 4 nitrogen and oxygen atoms in total. The van der Waals surface area contributed by atoms with Crippen LogP contribution in [0, 0.1) is 5.92 Å². The second-order valence-electron chi connectivity index (χ2n) is 5.50. The number of para-hydroxylation sites is 1. The maximum atomic E-state index is 12.2. The van der Waals surface area contributed by atoms with Gasteiger partial charge in [-0.2, -0.15) is 0 Å². The molecular weight excluding hydrogens is 284 g/mol. The van der Waals surface area contributed by atoms with Crippen LogP contribution in [-0.4, -0.2) is 48.4 Å². The number of hydrogen-bond donors (Lipinski definition) is 2. The summed E-state index contributed by atoms with van der Waals surface area (Å²) < 4.78 is 0. The molecule has 0 saturated carbocycles. The number of rotatable bonds is 6. The number of thioether (sulfide) groups is 1. The van der Waals surface area contributed by atoms with Crippen LogP contribution in [0.5, 0.6) is 0 Å². The molecule has 21 heavy (non-hydrogen) atoms. The van der Waals surface area contributed by atoms with E-state index in [2.05, 4.69) is 10.2 Å². The molecule has 1 aliphatic heterocycles. The highest BCUT2D eigenvalue weighted by molar-refractivity contribution is 7.98. The van der Waals surface area contributed by atoms with E-state index in [1.165, 1.54) is 0 Å². The second kappa shape index (κ2) is 8.41. The highest BCUT2D eigenvalue weighted by Crippen LogP contribution is 2.25. The van der Waals surface area contributed by atoms with Crippen LogP contribution in [-0.2, 0) is 4.79 Å². The Morgan fingerprint density at radius 3 is 3.05 bits per heavy atom. The van der Waals surface area contributed by atoms with Crippen LogP contribution < -0.4 is 5.32 Å². The number of nitrogens with one attached hydrogen (secondary N) is 1. The van der Waals surface area contributed by atoms with E-state index in [1.807, 2.05) is 30.5 Å². The lowest BCUT2D eigenvalue weighted by atomic mass is 9.95. The van der Waals surface area contributed by atoms with Crippen LogP contribution in [0.15, 0.2) is 29.2 Å². The number of amides is 1. The molecule has 2 N–H and O–H groups in total. The molecule has 1 unspecified atom stereocenters. The number of benzene rings is 1. The van der Waals surface area contributed by atoms with Crippen LogP contribution in [0.3, 0.4) is 0 Å². The molecular formula is C16H24N2O2S. The number of anilines is 1. The third-order valence-electron chi connectivity index (χ3n) is 3.89. The van der Waals surface area contributed by atoms with E-state index in [9.17, 15) is 4.79 Å². The van der Waals surface area contributed by atoms with Gasteiger partial charge in [0.05, 0.1) is 12.2 Å². The maximum Gasteiger partial charge on any atom is 0.238 e. The van der Waals surface area contributed by atoms with Gasteiger partial charge in [0.1, 0.15) is 0 Å². The Kier molecular flexibility index (Phi) is 6.54. The van der Waals surface area contributed by atoms with Crippen molar-refractivity contribution in [2.45, 2.75) is 24.2 Å². The average Bonchev–Trinajstić information content (AvgIpc) is 2.48. The van der Waals surface area contributed by atoms with E-state index in [-0.39, 0.29) is 12.5 Å². The van der Waals surface area contributed by atoms with Gasteiger partial charge in [0.15, 0.2) is 0 Å². The molecule has 1 fully saturated rings. The molecule has 2 rings (SSSR count). The van der Waals surface area contributed by atoms with Gasteiger partial charge in [-0.15, -0.1) is 11.8 Å². The van der Waals surface area contributed by atoms with Crippen molar-refractivity contribution in [2.24, 2.45) is 5.92 Å². The highest BCUT2D eigenvalue weighted by Gasteiger charge is 2.21.